The summed E-state index contributed by atoms with van der Waals surface area (Å²) in [7, 11) is 0. The van der Waals surface area contributed by atoms with Crippen LogP contribution in [-0.4, -0.2) is 22.8 Å². The first-order valence-corrected chi connectivity index (χ1v) is 13.9. The number of esters is 1. The van der Waals surface area contributed by atoms with Crippen LogP contribution in [0.3, 0.4) is 0 Å². The predicted octanol–water partition coefficient (Wildman–Crippen LogP) is 7.85. The third kappa shape index (κ3) is 7.99. The summed E-state index contributed by atoms with van der Waals surface area (Å²) < 4.78 is 6.02. The van der Waals surface area contributed by atoms with Gasteiger partial charge < -0.3 is 4.74 Å². The van der Waals surface area contributed by atoms with Gasteiger partial charge in [0.05, 0.1) is 10.7 Å². The average molecular weight is 500 g/mol. The second-order valence-electron chi connectivity index (χ2n) is 11.0. The van der Waals surface area contributed by atoms with E-state index < -0.39 is 5.41 Å². The van der Waals surface area contributed by atoms with Crippen LogP contribution in [0, 0.1) is 29.1 Å². The Bertz CT molecular complexity index is 968. The van der Waals surface area contributed by atoms with Crippen molar-refractivity contribution in [3.05, 3.63) is 45.5 Å². The number of cyclic esters (lactones) is 1. The van der Waals surface area contributed by atoms with Crippen molar-refractivity contribution in [3.8, 4) is 0 Å². The Labute approximate surface area is 217 Å². The number of allylic oxidation sites excluding steroid dienone is 3. The number of aromatic nitrogens is 1. The third-order valence-corrected chi connectivity index (χ3v) is 9.02. The zero-order valence-electron chi connectivity index (χ0n) is 23.2. The first kappa shape index (κ1) is 29.2. The lowest BCUT2D eigenvalue weighted by Gasteiger charge is -2.36. The molecular weight excluding hydrogens is 454 g/mol. The molecule has 5 heteroatoms. The second kappa shape index (κ2) is 12.8. The molecule has 1 aromatic heterocycles. The van der Waals surface area contributed by atoms with Gasteiger partial charge in [0.2, 0.25) is 0 Å². The van der Waals surface area contributed by atoms with E-state index in [4.69, 9.17) is 4.74 Å². The Balaban J connectivity index is 2.37. The molecule has 0 saturated carbocycles. The summed E-state index contributed by atoms with van der Waals surface area (Å²) in [5, 5.41) is 3.14. The van der Waals surface area contributed by atoms with Gasteiger partial charge in [0.15, 0.2) is 0 Å². The van der Waals surface area contributed by atoms with E-state index in [1.54, 1.807) is 11.3 Å². The molecule has 0 aliphatic carbocycles. The van der Waals surface area contributed by atoms with Crippen molar-refractivity contribution >= 4 is 29.2 Å². The SMILES string of the molecule is CCc1nc(/C=C(\C)[C@@H]2C/C=C(C)\C=C\C[C@H](C)[C@H](C)[C@@H](C)C(=O)C(C)(C)[C@@H](C)CC(=O)O2)cs1. The number of rotatable bonds is 3. The Morgan fingerprint density at radius 1 is 1.20 bits per heavy atom. The number of hydrogen-bond donors (Lipinski definition) is 0. The highest BCUT2D eigenvalue weighted by molar-refractivity contribution is 7.09. The van der Waals surface area contributed by atoms with Crippen molar-refractivity contribution in [2.24, 2.45) is 29.1 Å². The van der Waals surface area contributed by atoms with E-state index in [-0.39, 0.29) is 42.0 Å². The standard InChI is InChI=1S/C30H45NO3S/c1-10-27-31-25(18-35-27)16-21(4)26-15-14-19(2)12-11-13-20(3)23(6)24(7)29(33)30(8,9)22(5)17-28(32)34-26/h11-12,14,16,18,20,22-24,26H,10,13,15,17H2,1-9H3/b12-11+,19-14-,21-16+/t20-,22-,23-,24+,26-/m0/s1. The third-order valence-electron chi connectivity index (χ3n) is 8.01. The van der Waals surface area contributed by atoms with Gasteiger partial charge in [-0.2, -0.15) is 0 Å². The van der Waals surface area contributed by atoms with Crippen LogP contribution in [0.5, 0.6) is 0 Å². The van der Waals surface area contributed by atoms with Gasteiger partial charge in [-0.25, -0.2) is 4.98 Å². The number of carbonyl (C=O) groups excluding carboxylic acids is 2. The zero-order valence-corrected chi connectivity index (χ0v) is 24.0. The first-order valence-electron chi connectivity index (χ1n) is 13.1. The van der Waals surface area contributed by atoms with Crippen LogP contribution in [0.2, 0.25) is 0 Å². The normalized spacial score (nSPS) is 32.0. The smallest absolute Gasteiger partial charge is 0.306 e. The average Bonchev–Trinajstić information content (AvgIpc) is 3.26. The number of ketones is 1. The molecule has 0 bridgehead atoms. The molecule has 0 saturated heterocycles. The van der Waals surface area contributed by atoms with Crippen LogP contribution in [-0.2, 0) is 20.7 Å². The Kier molecular flexibility index (Phi) is 10.7. The number of ether oxygens (including phenoxy) is 1. The summed E-state index contributed by atoms with van der Waals surface area (Å²) in [4.78, 5) is 31.2. The number of hydrogen-bond acceptors (Lipinski definition) is 5. The molecule has 35 heavy (non-hydrogen) atoms. The maximum atomic E-state index is 13.5. The number of thiazole rings is 1. The van der Waals surface area contributed by atoms with E-state index in [1.165, 1.54) is 0 Å². The topological polar surface area (TPSA) is 56.3 Å². The van der Waals surface area contributed by atoms with Crippen LogP contribution < -0.4 is 0 Å². The van der Waals surface area contributed by atoms with Crippen LogP contribution >= 0.6 is 11.3 Å². The maximum Gasteiger partial charge on any atom is 0.306 e. The summed E-state index contributed by atoms with van der Waals surface area (Å²) in [6, 6.07) is 0. The van der Waals surface area contributed by atoms with Crippen LogP contribution in [0.15, 0.2) is 34.8 Å². The van der Waals surface area contributed by atoms with E-state index in [0.717, 1.165) is 34.7 Å². The molecule has 5 atom stereocenters. The fourth-order valence-electron chi connectivity index (χ4n) is 4.52. The zero-order chi connectivity index (χ0) is 26.3. The molecule has 0 unspecified atom stereocenters. The second-order valence-corrected chi connectivity index (χ2v) is 12.0. The van der Waals surface area contributed by atoms with Gasteiger partial charge >= 0.3 is 5.97 Å². The van der Waals surface area contributed by atoms with Gasteiger partial charge in [-0.3, -0.25) is 9.59 Å². The van der Waals surface area contributed by atoms with E-state index in [2.05, 4.69) is 50.9 Å². The molecule has 0 N–H and O–H groups in total. The van der Waals surface area contributed by atoms with Crippen molar-refractivity contribution < 1.29 is 14.3 Å². The number of carbonyl (C=O) groups is 2. The monoisotopic (exact) mass is 499 g/mol. The summed E-state index contributed by atoms with van der Waals surface area (Å²) in [5.41, 5.74) is 2.42. The Morgan fingerprint density at radius 2 is 1.89 bits per heavy atom. The minimum Gasteiger partial charge on any atom is -0.457 e. The fourth-order valence-corrected chi connectivity index (χ4v) is 5.23. The molecule has 0 amide bonds. The molecule has 1 aliphatic heterocycles. The largest absolute Gasteiger partial charge is 0.457 e. The van der Waals surface area contributed by atoms with E-state index in [9.17, 15) is 9.59 Å². The lowest BCUT2D eigenvalue weighted by atomic mass is 9.67. The van der Waals surface area contributed by atoms with Gasteiger partial charge in [-0.1, -0.05) is 72.3 Å². The maximum absolute atomic E-state index is 13.5. The van der Waals surface area contributed by atoms with Gasteiger partial charge in [0.25, 0.3) is 0 Å². The number of Topliss-reactive ketones (excluding diaryl/α,β-unsaturated/α-hetero) is 1. The summed E-state index contributed by atoms with van der Waals surface area (Å²) in [5.74, 6) is 0.442. The summed E-state index contributed by atoms with van der Waals surface area (Å²) in [6.45, 7) is 18.6. The Hall–Kier alpha value is -2.01. The highest BCUT2D eigenvalue weighted by Gasteiger charge is 2.40. The lowest BCUT2D eigenvalue weighted by Crippen LogP contribution is -2.40. The molecule has 0 aromatic carbocycles. The molecular formula is C30H45NO3S. The van der Waals surface area contributed by atoms with E-state index >= 15 is 0 Å². The van der Waals surface area contributed by atoms with E-state index in [1.807, 2.05) is 46.1 Å². The number of nitrogens with zero attached hydrogens (tertiary/aromatic N) is 1. The van der Waals surface area contributed by atoms with Gasteiger partial charge in [0, 0.05) is 29.6 Å². The quantitative estimate of drug-likeness (QED) is 0.397. The Morgan fingerprint density at radius 3 is 2.51 bits per heavy atom. The molecule has 194 valence electrons. The first-order chi connectivity index (χ1) is 16.4. The van der Waals surface area contributed by atoms with Crippen LogP contribution in [0.1, 0.15) is 92.3 Å². The van der Waals surface area contributed by atoms with Crippen molar-refractivity contribution in [1.29, 1.82) is 0 Å². The van der Waals surface area contributed by atoms with Crippen molar-refractivity contribution in [2.45, 2.75) is 94.1 Å². The molecule has 4 nitrogen and oxygen atoms in total. The van der Waals surface area contributed by atoms with E-state index in [0.29, 0.717) is 12.3 Å². The van der Waals surface area contributed by atoms with Crippen LogP contribution in [0.4, 0.5) is 0 Å². The molecule has 1 aromatic rings. The van der Waals surface area contributed by atoms with Crippen LogP contribution in [0.25, 0.3) is 6.08 Å². The molecule has 2 rings (SSSR count). The fraction of sp³-hybridized carbons (Fsp3) is 0.633. The minimum atomic E-state index is -0.604. The van der Waals surface area contributed by atoms with Gasteiger partial charge in [-0.15, -0.1) is 11.3 Å². The molecule has 2 heterocycles. The molecule has 0 spiro atoms. The summed E-state index contributed by atoms with van der Waals surface area (Å²) >= 11 is 1.65. The van der Waals surface area contributed by atoms with Crippen molar-refractivity contribution in [3.63, 3.8) is 0 Å². The highest BCUT2D eigenvalue weighted by Crippen LogP contribution is 2.37. The predicted molar refractivity (Wildman–Crippen MR) is 147 cm³/mol. The van der Waals surface area contributed by atoms with Gasteiger partial charge in [-0.05, 0) is 56.1 Å². The minimum absolute atomic E-state index is 0.0690. The van der Waals surface area contributed by atoms with Crippen molar-refractivity contribution in [1.82, 2.24) is 4.98 Å². The molecule has 0 fully saturated rings. The van der Waals surface area contributed by atoms with Gasteiger partial charge in [0.1, 0.15) is 11.9 Å². The lowest BCUT2D eigenvalue weighted by molar-refractivity contribution is -0.150. The molecule has 1 aliphatic rings. The number of aryl methyl sites for hydroxylation is 1. The highest BCUT2D eigenvalue weighted by atomic mass is 32.1. The summed E-state index contributed by atoms with van der Waals surface area (Å²) in [6.07, 6.45) is 10.8. The van der Waals surface area contributed by atoms with Crippen molar-refractivity contribution in [2.75, 3.05) is 0 Å². The molecule has 0 radical (unpaired) electrons.